The summed E-state index contributed by atoms with van der Waals surface area (Å²) in [5, 5.41) is 6.25. The van der Waals surface area contributed by atoms with Crippen LogP contribution >= 0.6 is 0 Å². The Kier molecular flexibility index (Phi) is 7.87. The zero-order chi connectivity index (χ0) is 26.5. The van der Waals surface area contributed by atoms with Crippen LogP contribution in [0.1, 0.15) is 21.5 Å². The zero-order valence-corrected chi connectivity index (χ0v) is 22.2. The Morgan fingerprint density at radius 3 is 2.47 bits per heavy atom. The molecule has 11 heteroatoms. The molecule has 2 N–H and O–H groups in total. The molecule has 0 spiro atoms. The zero-order valence-electron chi connectivity index (χ0n) is 21.4. The molecule has 2 aliphatic heterocycles. The van der Waals surface area contributed by atoms with Crippen LogP contribution < -0.4 is 15.5 Å². The van der Waals surface area contributed by atoms with Gasteiger partial charge in [0.15, 0.2) is 9.84 Å². The molecule has 1 aromatic heterocycles. The molecule has 2 aromatic carbocycles. The van der Waals surface area contributed by atoms with E-state index in [0.29, 0.717) is 50.0 Å². The summed E-state index contributed by atoms with van der Waals surface area (Å²) in [6.45, 7) is 6.67. The van der Waals surface area contributed by atoms with Crippen LogP contribution in [0.2, 0.25) is 0 Å². The summed E-state index contributed by atoms with van der Waals surface area (Å²) in [6, 6.07) is 15.0. The van der Waals surface area contributed by atoms with Crippen LogP contribution in [0.15, 0.2) is 54.7 Å². The summed E-state index contributed by atoms with van der Waals surface area (Å²) in [4.78, 5) is 26.2. The van der Waals surface area contributed by atoms with E-state index in [1.165, 1.54) is 0 Å². The molecular formula is C27H32N6O4S. The molecular weight excluding hydrogens is 504 g/mol. The van der Waals surface area contributed by atoms with Gasteiger partial charge in [0, 0.05) is 55.9 Å². The van der Waals surface area contributed by atoms with Gasteiger partial charge in [-0.05, 0) is 48.4 Å². The van der Waals surface area contributed by atoms with E-state index in [4.69, 9.17) is 4.74 Å². The average molecular weight is 537 g/mol. The second kappa shape index (κ2) is 11.5. The first-order valence-electron chi connectivity index (χ1n) is 12.7. The number of carbonyl (C=O) groups is 1. The summed E-state index contributed by atoms with van der Waals surface area (Å²) in [7, 11) is -2.90. The number of benzene rings is 2. The highest BCUT2D eigenvalue weighted by Crippen LogP contribution is 2.24. The normalized spacial score (nSPS) is 17.7. The number of anilines is 4. The van der Waals surface area contributed by atoms with Gasteiger partial charge in [-0.25, -0.2) is 13.4 Å². The van der Waals surface area contributed by atoms with Crippen molar-refractivity contribution in [2.75, 3.05) is 66.4 Å². The van der Waals surface area contributed by atoms with Gasteiger partial charge >= 0.3 is 0 Å². The number of aromatic nitrogens is 2. The fraction of sp³-hybridized carbons (Fsp3) is 0.370. The summed E-state index contributed by atoms with van der Waals surface area (Å²) in [5.74, 6) is 1.53. The number of rotatable bonds is 7. The maximum Gasteiger partial charge on any atom is 0.255 e. The smallest absolute Gasteiger partial charge is 0.255 e. The third-order valence-electron chi connectivity index (χ3n) is 6.78. The van der Waals surface area contributed by atoms with Crippen molar-refractivity contribution < 1.29 is 17.9 Å². The minimum atomic E-state index is -2.90. The highest BCUT2D eigenvalue weighted by Gasteiger charge is 2.21. The first-order valence-corrected chi connectivity index (χ1v) is 14.5. The van der Waals surface area contributed by atoms with Gasteiger partial charge in [-0.3, -0.25) is 9.69 Å². The third-order valence-corrected chi connectivity index (χ3v) is 8.39. The Hall–Kier alpha value is -3.54. The molecule has 0 bridgehead atoms. The number of aryl methyl sites for hydroxylation is 1. The lowest BCUT2D eigenvalue weighted by Gasteiger charge is -2.27. The fourth-order valence-corrected chi connectivity index (χ4v) is 5.74. The Morgan fingerprint density at radius 2 is 1.74 bits per heavy atom. The van der Waals surface area contributed by atoms with Crippen molar-refractivity contribution in [1.82, 2.24) is 14.9 Å². The number of amides is 1. The van der Waals surface area contributed by atoms with Gasteiger partial charge < -0.3 is 20.3 Å². The molecule has 0 saturated carbocycles. The lowest BCUT2D eigenvalue weighted by Crippen LogP contribution is -2.39. The van der Waals surface area contributed by atoms with E-state index in [0.717, 1.165) is 35.7 Å². The first-order chi connectivity index (χ1) is 18.3. The van der Waals surface area contributed by atoms with Crippen molar-refractivity contribution in [2.24, 2.45) is 0 Å². The number of morpholine rings is 1. The maximum atomic E-state index is 12.9. The Bertz CT molecular complexity index is 1380. The largest absolute Gasteiger partial charge is 0.378 e. The second-order valence-electron chi connectivity index (χ2n) is 9.57. The number of nitrogens with zero attached hydrogens (tertiary/aromatic N) is 4. The molecule has 0 unspecified atom stereocenters. The van der Waals surface area contributed by atoms with Crippen LogP contribution in [0.25, 0.3) is 0 Å². The number of carbonyl (C=O) groups excluding carboxylic acids is 1. The molecule has 0 radical (unpaired) electrons. The van der Waals surface area contributed by atoms with Crippen molar-refractivity contribution in [3.63, 3.8) is 0 Å². The van der Waals surface area contributed by atoms with E-state index < -0.39 is 9.84 Å². The first kappa shape index (κ1) is 26.1. The molecule has 3 aromatic rings. The Labute approximate surface area is 223 Å². The molecule has 0 aliphatic carbocycles. The van der Waals surface area contributed by atoms with E-state index in [2.05, 4.69) is 30.4 Å². The predicted molar refractivity (Wildman–Crippen MR) is 148 cm³/mol. The minimum Gasteiger partial charge on any atom is -0.378 e. The SMILES string of the molecule is Cc1ccc(NC(=O)c2ccc(CN3CCS(=O)(=O)CC3)cc2)cc1Nc1nccc(N2CCOCC2)n1. The summed E-state index contributed by atoms with van der Waals surface area (Å²) >= 11 is 0. The maximum absolute atomic E-state index is 12.9. The van der Waals surface area contributed by atoms with Gasteiger partial charge in [0.2, 0.25) is 5.95 Å². The lowest BCUT2D eigenvalue weighted by atomic mass is 10.1. The molecule has 2 fully saturated rings. The number of sulfone groups is 1. The molecule has 10 nitrogen and oxygen atoms in total. The topological polar surface area (TPSA) is 117 Å². The predicted octanol–water partition coefficient (Wildman–Crippen LogP) is 2.85. The number of hydrogen-bond acceptors (Lipinski definition) is 9. The lowest BCUT2D eigenvalue weighted by molar-refractivity contribution is 0.102. The number of ether oxygens (including phenoxy) is 1. The van der Waals surface area contributed by atoms with Crippen molar-refractivity contribution in [1.29, 1.82) is 0 Å². The third kappa shape index (κ3) is 6.66. The van der Waals surface area contributed by atoms with Crippen molar-refractivity contribution in [2.45, 2.75) is 13.5 Å². The minimum absolute atomic E-state index is 0.201. The molecule has 3 heterocycles. The van der Waals surface area contributed by atoms with Crippen molar-refractivity contribution in [3.8, 4) is 0 Å². The fourth-order valence-electron chi connectivity index (χ4n) is 4.46. The van der Waals surface area contributed by atoms with Crippen LogP contribution in [0.5, 0.6) is 0 Å². The van der Waals surface area contributed by atoms with Crippen LogP contribution in [-0.4, -0.2) is 80.1 Å². The van der Waals surface area contributed by atoms with E-state index in [9.17, 15) is 13.2 Å². The highest BCUT2D eigenvalue weighted by atomic mass is 32.2. The Balaban J connectivity index is 1.21. The van der Waals surface area contributed by atoms with Gasteiger partial charge in [0.05, 0.1) is 24.7 Å². The van der Waals surface area contributed by atoms with Gasteiger partial charge in [-0.2, -0.15) is 4.98 Å². The summed E-state index contributed by atoms with van der Waals surface area (Å²) in [5.41, 5.74) is 4.05. The Morgan fingerprint density at radius 1 is 1.00 bits per heavy atom. The van der Waals surface area contributed by atoms with Gasteiger partial charge in [0.1, 0.15) is 5.82 Å². The van der Waals surface area contributed by atoms with Crippen molar-refractivity contribution in [3.05, 3.63) is 71.4 Å². The molecule has 5 rings (SSSR count). The van der Waals surface area contributed by atoms with Gasteiger partial charge in [0.25, 0.3) is 5.91 Å². The van der Waals surface area contributed by atoms with E-state index >= 15 is 0 Å². The average Bonchev–Trinajstić information content (AvgIpc) is 2.93. The van der Waals surface area contributed by atoms with E-state index in [1.807, 2.05) is 43.3 Å². The van der Waals surface area contributed by atoms with E-state index in [-0.39, 0.29) is 17.4 Å². The molecule has 1 amide bonds. The molecule has 2 aliphatic rings. The molecule has 200 valence electrons. The second-order valence-corrected chi connectivity index (χ2v) is 11.9. The standard InChI is InChI=1S/C27H32N6O4S/c1-20-2-7-23(18-24(20)30-27-28-9-8-25(31-27)33-10-14-37-15-11-33)29-26(34)22-5-3-21(4-6-22)19-32-12-16-38(35,36)17-13-32/h2-9,18H,10-17,19H2,1H3,(H,29,34)(H,28,30,31). The number of hydrogen-bond donors (Lipinski definition) is 2. The van der Waals surface area contributed by atoms with Crippen LogP contribution in [0, 0.1) is 6.92 Å². The quantitative estimate of drug-likeness (QED) is 0.470. The summed E-state index contributed by atoms with van der Waals surface area (Å²) in [6.07, 6.45) is 1.73. The van der Waals surface area contributed by atoms with Crippen molar-refractivity contribution >= 4 is 38.9 Å². The molecule has 0 atom stereocenters. The van der Waals surface area contributed by atoms with Gasteiger partial charge in [-0.1, -0.05) is 18.2 Å². The van der Waals surface area contributed by atoms with Gasteiger partial charge in [-0.15, -0.1) is 0 Å². The molecule has 38 heavy (non-hydrogen) atoms. The monoisotopic (exact) mass is 536 g/mol. The molecule has 2 saturated heterocycles. The van der Waals surface area contributed by atoms with Crippen LogP contribution in [-0.2, 0) is 21.1 Å². The van der Waals surface area contributed by atoms with Crippen LogP contribution in [0.3, 0.4) is 0 Å². The summed E-state index contributed by atoms with van der Waals surface area (Å²) < 4.78 is 28.7. The van der Waals surface area contributed by atoms with Crippen LogP contribution in [0.4, 0.5) is 23.1 Å². The van der Waals surface area contributed by atoms with E-state index in [1.54, 1.807) is 18.3 Å². The highest BCUT2D eigenvalue weighted by molar-refractivity contribution is 7.91. The number of nitrogens with one attached hydrogen (secondary N) is 2.